The third-order valence-electron chi connectivity index (χ3n) is 4.38. The van der Waals surface area contributed by atoms with Gasteiger partial charge in [-0.15, -0.1) is 0 Å². The Morgan fingerprint density at radius 1 is 0.966 bits per heavy atom. The van der Waals surface area contributed by atoms with Crippen molar-refractivity contribution in [3.63, 3.8) is 0 Å². The maximum absolute atomic E-state index is 13.8. The Labute approximate surface area is 170 Å². The van der Waals surface area contributed by atoms with Gasteiger partial charge in [-0.2, -0.15) is 0 Å². The molecule has 148 valence electrons. The van der Waals surface area contributed by atoms with Crippen LogP contribution >= 0.6 is 0 Å². The third kappa shape index (κ3) is 4.78. The van der Waals surface area contributed by atoms with E-state index in [2.05, 4.69) is 0 Å². The van der Waals surface area contributed by atoms with Crippen molar-refractivity contribution in [1.82, 2.24) is 0 Å². The number of hydrogen-bond donors (Lipinski definition) is 0. The zero-order valence-electron chi connectivity index (χ0n) is 15.8. The highest BCUT2D eigenvalue weighted by atomic mass is 32.2. The summed E-state index contributed by atoms with van der Waals surface area (Å²) in [4.78, 5) is 11.3. The predicted molar refractivity (Wildman–Crippen MR) is 113 cm³/mol. The number of nitrogens with zero attached hydrogens (tertiary/aromatic N) is 1. The summed E-state index contributed by atoms with van der Waals surface area (Å²) in [5.74, 6) is -0.698. The van der Waals surface area contributed by atoms with Gasteiger partial charge in [-0.25, -0.2) is 12.8 Å². The van der Waals surface area contributed by atoms with E-state index in [-0.39, 0.29) is 22.7 Å². The van der Waals surface area contributed by atoms with Crippen LogP contribution in [0.15, 0.2) is 83.8 Å². The largest absolute Gasteiger partial charge is 0.298 e. The summed E-state index contributed by atoms with van der Waals surface area (Å²) in [5, 5.41) is 0. The summed E-state index contributed by atoms with van der Waals surface area (Å²) >= 11 is 0. The van der Waals surface area contributed by atoms with E-state index in [1.54, 1.807) is 18.2 Å². The van der Waals surface area contributed by atoms with Gasteiger partial charge >= 0.3 is 0 Å². The molecule has 0 aliphatic heterocycles. The molecule has 29 heavy (non-hydrogen) atoms. The van der Waals surface area contributed by atoms with Gasteiger partial charge in [0.15, 0.2) is 6.29 Å². The number of anilines is 1. The second kappa shape index (κ2) is 8.84. The average molecular weight is 409 g/mol. The van der Waals surface area contributed by atoms with Crippen molar-refractivity contribution in [2.45, 2.75) is 11.8 Å². The summed E-state index contributed by atoms with van der Waals surface area (Å²) in [5.41, 5.74) is 1.88. The van der Waals surface area contributed by atoms with E-state index >= 15 is 0 Å². The molecule has 0 heterocycles. The number of aldehydes is 1. The minimum atomic E-state index is -3.92. The predicted octanol–water partition coefficient (Wildman–Crippen LogP) is 4.86. The van der Waals surface area contributed by atoms with Crippen LogP contribution in [0.5, 0.6) is 0 Å². The maximum Gasteiger partial charge on any atom is 0.264 e. The van der Waals surface area contributed by atoms with Crippen molar-refractivity contribution in [2.24, 2.45) is 0 Å². The normalized spacial score (nSPS) is 11.5. The molecule has 0 aromatic heterocycles. The number of carbonyl (C=O) groups is 1. The molecule has 0 amide bonds. The highest BCUT2D eigenvalue weighted by Crippen LogP contribution is 2.26. The number of halogens is 1. The van der Waals surface area contributed by atoms with E-state index in [0.29, 0.717) is 6.29 Å². The molecular weight excluding hydrogens is 389 g/mol. The molecule has 3 rings (SSSR count). The van der Waals surface area contributed by atoms with E-state index in [1.807, 2.05) is 43.3 Å². The Hall–Kier alpha value is -3.25. The van der Waals surface area contributed by atoms with Crippen LogP contribution in [0.3, 0.4) is 0 Å². The molecular formula is C23H20FNO3S. The Morgan fingerprint density at radius 3 is 2.31 bits per heavy atom. The summed E-state index contributed by atoms with van der Waals surface area (Å²) in [6, 6.07) is 19.6. The number of benzene rings is 3. The minimum Gasteiger partial charge on any atom is -0.298 e. The van der Waals surface area contributed by atoms with Gasteiger partial charge < -0.3 is 0 Å². The van der Waals surface area contributed by atoms with Gasteiger partial charge in [0.2, 0.25) is 0 Å². The molecule has 0 spiro atoms. The molecule has 0 N–H and O–H groups in total. The zero-order chi connectivity index (χ0) is 20.9. The van der Waals surface area contributed by atoms with Crippen LogP contribution in [-0.2, 0) is 10.0 Å². The van der Waals surface area contributed by atoms with E-state index in [1.165, 1.54) is 24.3 Å². The van der Waals surface area contributed by atoms with Crippen molar-refractivity contribution in [1.29, 1.82) is 0 Å². The van der Waals surface area contributed by atoms with Gasteiger partial charge in [-0.3, -0.25) is 9.10 Å². The van der Waals surface area contributed by atoms with Crippen LogP contribution in [0, 0.1) is 12.7 Å². The first-order valence-electron chi connectivity index (χ1n) is 8.97. The summed E-state index contributed by atoms with van der Waals surface area (Å²) in [7, 11) is -3.92. The van der Waals surface area contributed by atoms with Crippen molar-refractivity contribution in [3.8, 4) is 0 Å². The molecule has 4 nitrogen and oxygen atoms in total. The first kappa shape index (κ1) is 20.5. The van der Waals surface area contributed by atoms with Crippen LogP contribution in [0.25, 0.3) is 6.08 Å². The van der Waals surface area contributed by atoms with Gasteiger partial charge in [-0.05, 0) is 42.8 Å². The SMILES string of the molecule is Cc1ccc(S(=O)(=O)N(CC=Cc2ccccc2)c2ccc(F)c(C=O)c2)cc1. The molecule has 0 saturated carbocycles. The smallest absolute Gasteiger partial charge is 0.264 e. The van der Waals surface area contributed by atoms with Crippen LogP contribution in [0.2, 0.25) is 0 Å². The van der Waals surface area contributed by atoms with Crippen LogP contribution in [0.4, 0.5) is 10.1 Å². The fourth-order valence-corrected chi connectivity index (χ4v) is 4.21. The van der Waals surface area contributed by atoms with Crippen molar-refractivity contribution >= 4 is 28.1 Å². The van der Waals surface area contributed by atoms with Gasteiger partial charge in [0.25, 0.3) is 10.0 Å². The van der Waals surface area contributed by atoms with Crippen molar-refractivity contribution in [3.05, 3.63) is 101 Å². The van der Waals surface area contributed by atoms with Crippen LogP contribution < -0.4 is 4.31 Å². The van der Waals surface area contributed by atoms with Crippen molar-refractivity contribution in [2.75, 3.05) is 10.8 Å². The third-order valence-corrected chi connectivity index (χ3v) is 6.19. The molecule has 6 heteroatoms. The lowest BCUT2D eigenvalue weighted by atomic mass is 10.2. The molecule has 0 radical (unpaired) electrons. The Bertz CT molecular complexity index is 1120. The quantitative estimate of drug-likeness (QED) is 0.524. The van der Waals surface area contributed by atoms with E-state index in [4.69, 9.17) is 0 Å². The molecule has 0 saturated heterocycles. The van der Waals surface area contributed by atoms with E-state index < -0.39 is 15.8 Å². The molecule has 0 fully saturated rings. The lowest BCUT2D eigenvalue weighted by Crippen LogP contribution is -2.31. The second-order valence-corrected chi connectivity index (χ2v) is 8.35. The van der Waals surface area contributed by atoms with Crippen LogP contribution in [0.1, 0.15) is 21.5 Å². The number of aryl methyl sites for hydroxylation is 1. The Balaban J connectivity index is 2.02. The van der Waals surface area contributed by atoms with Crippen molar-refractivity contribution < 1.29 is 17.6 Å². The maximum atomic E-state index is 13.8. The number of rotatable bonds is 7. The summed E-state index contributed by atoms with van der Waals surface area (Å²) in [6.45, 7) is 1.89. The van der Waals surface area contributed by atoms with Gasteiger partial charge in [-0.1, -0.05) is 60.2 Å². The molecule has 3 aromatic carbocycles. The first-order chi connectivity index (χ1) is 13.9. The topological polar surface area (TPSA) is 54.5 Å². The first-order valence-corrected chi connectivity index (χ1v) is 10.4. The standard InChI is InChI=1S/C23H20FNO3S/c1-18-9-12-22(13-10-18)29(27,28)25(15-5-8-19-6-3-2-4-7-19)21-11-14-23(24)20(16-21)17-26/h2-14,16-17H,15H2,1H3. The number of hydrogen-bond acceptors (Lipinski definition) is 3. The van der Waals surface area contributed by atoms with E-state index in [0.717, 1.165) is 21.5 Å². The molecule has 0 unspecified atom stereocenters. The fourth-order valence-electron chi connectivity index (χ4n) is 2.81. The molecule has 0 aliphatic rings. The van der Waals surface area contributed by atoms with E-state index in [9.17, 15) is 17.6 Å². The molecule has 3 aromatic rings. The lowest BCUT2D eigenvalue weighted by Gasteiger charge is -2.23. The second-order valence-electron chi connectivity index (χ2n) is 6.49. The molecule has 0 aliphatic carbocycles. The summed E-state index contributed by atoms with van der Waals surface area (Å²) < 4.78 is 41.5. The highest BCUT2D eigenvalue weighted by molar-refractivity contribution is 7.92. The highest BCUT2D eigenvalue weighted by Gasteiger charge is 2.24. The van der Waals surface area contributed by atoms with Gasteiger partial charge in [0.05, 0.1) is 22.7 Å². The fraction of sp³-hybridized carbons (Fsp3) is 0.0870. The minimum absolute atomic E-state index is 0.0229. The zero-order valence-corrected chi connectivity index (χ0v) is 16.6. The number of sulfonamides is 1. The van der Waals surface area contributed by atoms with Gasteiger partial charge in [0, 0.05) is 0 Å². The number of carbonyl (C=O) groups excluding carboxylic acids is 1. The van der Waals surface area contributed by atoms with Gasteiger partial charge in [0.1, 0.15) is 5.82 Å². The molecule has 0 bridgehead atoms. The monoisotopic (exact) mass is 409 g/mol. The summed E-state index contributed by atoms with van der Waals surface area (Å²) in [6.07, 6.45) is 3.89. The average Bonchev–Trinajstić information content (AvgIpc) is 2.73. The Morgan fingerprint density at radius 2 is 1.66 bits per heavy atom. The van der Waals surface area contributed by atoms with Crippen LogP contribution in [-0.4, -0.2) is 21.2 Å². The Kier molecular flexibility index (Phi) is 6.24. The molecule has 0 atom stereocenters. The lowest BCUT2D eigenvalue weighted by molar-refractivity contribution is 0.112.